The minimum atomic E-state index is -0.454. The Morgan fingerprint density at radius 3 is 2.79 bits per heavy atom. The van der Waals surface area contributed by atoms with Crippen LogP contribution >= 0.6 is 0 Å². The Bertz CT molecular complexity index is 920. The van der Waals surface area contributed by atoms with Gasteiger partial charge in [-0.25, -0.2) is 4.39 Å². The highest BCUT2D eigenvalue weighted by atomic mass is 19.1. The van der Waals surface area contributed by atoms with E-state index in [-0.39, 0.29) is 37.1 Å². The predicted molar refractivity (Wildman–Crippen MR) is 103 cm³/mol. The number of anilines is 1. The second-order valence-corrected chi connectivity index (χ2v) is 6.80. The van der Waals surface area contributed by atoms with Crippen LogP contribution in [-0.2, 0) is 9.59 Å². The minimum absolute atomic E-state index is 0.121. The number of amides is 2. The molecule has 29 heavy (non-hydrogen) atoms. The standard InChI is InChI=1S/C21H21FN2O5/c22-16-3-1-2-4-17(16)27-8-7-23-21(26)14-11-20(25)24(13-14)15-5-6-18-19(12-15)29-10-9-28-18/h1-6,12,14H,7-11,13H2,(H,23,26)/t14-/m0/s1. The number of halogens is 1. The van der Waals surface area contributed by atoms with Crippen molar-refractivity contribution in [3.05, 3.63) is 48.3 Å². The molecule has 2 aliphatic rings. The third-order valence-electron chi connectivity index (χ3n) is 4.83. The van der Waals surface area contributed by atoms with E-state index in [1.165, 1.54) is 12.1 Å². The van der Waals surface area contributed by atoms with E-state index in [4.69, 9.17) is 14.2 Å². The summed E-state index contributed by atoms with van der Waals surface area (Å²) < 4.78 is 29.9. The van der Waals surface area contributed by atoms with E-state index in [2.05, 4.69) is 5.32 Å². The first kappa shape index (κ1) is 19.0. The molecular weight excluding hydrogens is 379 g/mol. The highest BCUT2D eigenvalue weighted by Gasteiger charge is 2.35. The second-order valence-electron chi connectivity index (χ2n) is 6.80. The summed E-state index contributed by atoms with van der Waals surface area (Å²) in [6.07, 6.45) is 0.133. The molecule has 0 aromatic heterocycles. The van der Waals surface area contributed by atoms with Crippen molar-refractivity contribution < 1.29 is 28.2 Å². The summed E-state index contributed by atoms with van der Waals surface area (Å²) in [6.45, 7) is 1.61. The van der Waals surface area contributed by atoms with Crippen molar-refractivity contribution in [2.75, 3.05) is 37.8 Å². The molecule has 1 saturated heterocycles. The average molecular weight is 400 g/mol. The molecule has 1 atom stereocenters. The molecule has 0 spiro atoms. The molecule has 0 aliphatic carbocycles. The van der Waals surface area contributed by atoms with Gasteiger partial charge in [0.2, 0.25) is 11.8 Å². The molecule has 0 bridgehead atoms. The molecule has 152 valence electrons. The van der Waals surface area contributed by atoms with Crippen molar-refractivity contribution in [2.24, 2.45) is 5.92 Å². The van der Waals surface area contributed by atoms with Crippen molar-refractivity contribution in [1.82, 2.24) is 5.32 Å². The van der Waals surface area contributed by atoms with Gasteiger partial charge in [0.15, 0.2) is 23.1 Å². The lowest BCUT2D eigenvalue weighted by Gasteiger charge is -2.22. The number of nitrogens with zero attached hydrogens (tertiary/aromatic N) is 1. The highest BCUT2D eigenvalue weighted by Crippen LogP contribution is 2.35. The SMILES string of the molecule is O=C(NCCOc1ccccc1F)[C@H]1CC(=O)N(c2ccc3c(c2)OCCO3)C1. The molecule has 7 nitrogen and oxygen atoms in total. The number of carbonyl (C=O) groups is 2. The number of fused-ring (bicyclic) bond motifs is 1. The van der Waals surface area contributed by atoms with E-state index >= 15 is 0 Å². The van der Waals surface area contributed by atoms with Gasteiger partial charge in [-0.2, -0.15) is 0 Å². The normalized spacial score (nSPS) is 17.9. The molecule has 0 saturated carbocycles. The van der Waals surface area contributed by atoms with Crippen LogP contribution < -0.4 is 24.4 Å². The van der Waals surface area contributed by atoms with E-state index in [1.807, 2.05) is 0 Å². The first-order valence-electron chi connectivity index (χ1n) is 9.47. The number of carbonyl (C=O) groups excluding carboxylic acids is 2. The van der Waals surface area contributed by atoms with Crippen molar-refractivity contribution in [1.29, 1.82) is 0 Å². The van der Waals surface area contributed by atoms with E-state index in [1.54, 1.807) is 35.2 Å². The number of hydrogen-bond acceptors (Lipinski definition) is 5. The van der Waals surface area contributed by atoms with Crippen molar-refractivity contribution in [3.8, 4) is 17.2 Å². The molecule has 4 rings (SSSR count). The lowest BCUT2D eigenvalue weighted by Crippen LogP contribution is -2.35. The molecule has 2 aliphatic heterocycles. The zero-order valence-corrected chi connectivity index (χ0v) is 15.7. The van der Waals surface area contributed by atoms with Crippen molar-refractivity contribution in [3.63, 3.8) is 0 Å². The molecule has 2 aromatic rings. The number of rotatable bonds is 6. The van der Waals surface area contributed by atoms with Gasteiger partial charge in [0, 0.05) is 24.7 Å². The molecule has 8 heteroatoms. The third kappa shape index (κ3) is 4.26. The maximum atomic E-state index is 13.5. The van der Waals surface area contributed by atoms with Crippen LogP contribution in [0.1, 0.15) is 6.42 Å². The van der Waals surface area contributed by atoms with Crippen LogP contribution in [0.25, 0.3) is 0 Å². The van der Waals surface area contributed by atoms with Gasteiger partial charge in [-0.15, -0.1) is 0 Å². The summed E-state index contributed by atoms with van der Waals surface area (Å²) in [4.78, 5) is 26.4. The lowest BCUT2D eigenvalue weighted by atomic mass is 10.1. The van der Waals surface area contributed by atoms with Gasteiger partial charge >= 0.3 is 0 Å². The third-order valence-corrected chi connectivity index (χ3v) is 4.83. The smallest absolute Gasteiger partial charge is 0.227 e. The van der Waals surface area contributed by atoms with Gasteiger partial charge in [-0.1, -0.05) is 12.1 Å². The lowest BCUT2D eigenvalue weighted by molar-refractivity contribution is -0.126. The molecule has 2 aromatic carbocycles. The van der Waals surface area contributed by atoms with Crippen LogP contribution in [0.2, 0.25) is 0 Å². The Hall–Kier alpha value is -3.29. The summed E-state index contributed by atoms with van der Waals surface area (Å²) in [5.41, 5.74) is 0.678. The topological polar surface area (TPSA) is 77.1 Å². The fourth-order valence-electron chi connectivity index (χ4n) is 3.37. The van der Waals surface area contributed by atoms with Crippen molar-refractivity contribution >= 4 is 17.5 Å². The Morgan fingerprint density at radius 1 is 1.17 bits per heavy atom. The van der Waals surface area contributed by atoms with Crippen LogP contribution in [0, 0.1) is 11.7 Å². The van der Waals surface area contributed by atoms with Gasteiger partial charge < -0.3 is 24.4 Å². The molecule has 0 unspecified atom stereocenters. The van der Waals surface area contributed by atoms with Crippen LogP contribution in [0.5, 0.6) is 17.2 Å². The molecule has 1 N–H and O–H groups in total. The first-order chi connectivity index (χ1) is 14.1. The fourth-order valence-corrected chi connectivity index (χ4v) is 3.37. The summed E-state index contributed by atoms with van der Waals surface area (Å²) in [6, 6.07) is 11.4. The van der Waals surface area contributed by atoms with E-state index in [0.29, 0.717) is 36.9 Å². The summed E-state index contributed by atoms with van der Waals surface area (Å²) in [5, 5.41) is 2.75. The zero-order chi connectivity index (χ0) is 20.2. The summed E-state index contributed by atoms with van der Waals surface area (Å²) in [7, 11) is 0. The molecule has 2 amide bonds. The minimum Gasteiger partial charge on any atom is -0.489 e. The first-order valence-corrected chi connectivity index (χ1v) is 9.47. The summed E-state index contributed by atoms with van der Waals surface area (Å²) >= 11 is 0. The van der Waals surface area contributed by atoms with Gasteiger partial charge in [0.25, 0.3) is 0 Å². The summed E-state index contributed by atoms with van der Waals surface area (Å²) in [5.74, 6) is 0.137. The maximum absolute atomic E-state index is 13.5. The maximum Gasteiger partial charge on any atom is 0.227 e. The Morgan fingerprint density at radius 2 is 1.97 bits per heavy atom. The van der Waals surface area contributed by atoms with Gasteiger partial charge in [-0.05, 0) is 24.3 Å². The highest BCUT2D eigenvalue weighted by molar-refractivity contribution is 6.00. The Balaban J connectivity index is 1.29. The number of nitrogens with one attached hydrogen (secondary N) is 1. The van der Waals surface area contributed by atoms with Gasteiger partial charge in [0.1, 0.15) is 19.8 Å². The van der Waals surface area contributed by atoms with E-state index < -0.39 is 11.7 Å². The Kier molecular flexibility index (Phi) is 5.50. The molecular formula is C21H21FN2O5. The van der Waals surface area contributed by atoms with Crippen molar-refractivity contribution in [2.45, 2.75) is 6.42 Å². The van der Waals surface area contributed by atoms with E-state index in [9.17, 15) is 14.0 Å². The number of para-hydroxylation sites is 1. The zero-order valence-electron chi connectivity index (χ0n) is 15.7. The van der Waals surface area contributed by atoms with E-state index in [0.717, 1.165) is 0 Å². The average Bonchev–Trinajstić information content (AvgIpc) is 3.13. The van der Waals surface area contributed by atoms with Gasteiger partial charge in [0.05, 0.1) is 12.5 Å². The molecule has 2 heterocycles. The van der Waals surface area contributed by atoms with Crippen LogP contribution in [0.4, 0.5) is 10.1 Å². The second kappa shape index (κ2) is 8.38. The van der Waals surface area contributed by atoms with Crippen LogP contribution in [-0.4, -0.2) is 44.7 Å². The number of benzene rings is 2. The Labute approximate surface area is 167 Å². The number of hydrogen-bond donors (Lipinski definition) is 1. The van der Waals surface area contributed by atoms with Crippen LogP contribution in [0.3, 0.4) is 0 Å². The van der Waals surface area contributed by atoms with Crippen LogP contribution in [0.15, 0.2) is 42.5 Å². The monoisotopic (exact) mass is 400 g/mol. The molecule has 1 fully saturated rings. The number of ether oxygens (including phenoxy) is 3. The fraction of sp³-hybridized carbons (Fsp3) is 0.333. The quantitative estimate of drug-likeness (QED) is 0.752. The molecule has 0 radical (unpaired) electrons. The largest absolute Gasteiger partial charge is 0.489 e. The predicted octanol–water partition coefficient (Wildman–Crippen LogP) is 2.14. The van der Waals surface area contributed by atoms with Gasteiger partial charge in [-0.3, -0.25) is 9.59 Å².